The summed E-state index contributed by atoms with van der Waals surface area (Å²) >= 11 is 0. The lowest BCUT2D eigenvalue weighted by molar-refractivity contribution is 0.124. The van der Waals surface area contributed by atoms with E-state index in [1.54, 1.807) is 30.7 Å². The van der Waals surface area contributed by atoms with Crippen LogP contribution in [0.15, 0.2) is 55.1 Å². The molecule has 5 rings (SSSR count). The Balaban J connectivity index is 1.44. The normalized spacial score (nSPS) is 14.7. The van der Waals surface area contributed by atoms with Gasteiger partial charge in [0.05, 0.1) is 17.9 Å². The molecule has 162 valence electrons. The Labute approximate surface area is 183 Å². The SMILES string of the molecule is Nc1ncc(-c2cnn(C3CCN(C(=O)O)CC3)c2)cc1-c1cc2c(O)cccc2cn1. The van der Waals surface area contributed by atoms with Gasteiger partial charge in [-0.3, -0.25) is 9.67 Å². The largest absolute Gasteiger partial charge is 0.507 e. The van der Waals surface area contributed by atoms with Gasteiger partial charge in [0.15, 0.2) is 0 Å². The van der Waals surface area contributed by atoms with Gasteiger partial charge in [-0.25, -0.2) is 9.78 Å². The number of piperidine rings is 1. The number of nitrogen functional groups attached to an aromatic ring is 1. The average molecular weight is 430 g/mol. The van der Waals surface area contributed by atoms with Crippen LogP contribution < -0.4 is 5.73 Å². The minimum Gasteiger partial charge on any atom is -0.507 e. The Morgan fingerprint density at radius 1 is 1.06 bits per heavy atom. The number of aromatic nitrogens is 4. The molecule has 0 radical (unpaired) electrons. The lowest BCUT2D eigenvalue weighted by Crippen LogP contribution is -2.38. The fourth-order valence-electron chi connectivity index (χ4n) is 4.15. The number of carbonyl (C=O) groups is 1. The molecule has 9 nitrogen and oxygen atoms in total. The van der Waals surface area contributed by atoms with Gasteiger partial charge >= 0.3 is 6.09 Å². The first kappa shape index (κ1) is 19.8. The van der Waals surface area contributed by atoms with Crippen LogP contribution in [0.2, 0.25) is 0 Å². The van der Waals surface area contributed by atoms with Crippen LogP contribution in [0.4, 0.5) is 10.6 Å². The summed E-state index contributed by atoms with van der Waals surface area (Å²) in [4.78, 5) is 21.4. The highest BCUT2D eigenvalue weighted by molar-refractivity contribution is 5.91. The number of nitrogens with zero attached hydrogens (tertiary/aromatic N) is 5. The highest BCUT2D eigenvalue weighted by Crippen LogP contribution is 2.33. The summed E-state index contributed by atoms with van der Waals surface area (Å²) in [6.07, 6.45) is 7.72. The average Bonchev–Trinajstić information content (AvgIpc) is 3.30. The molecule has 1 fully saturated rings. The molecule has 0 saturated carbocycles. The molecular formula is C23H22N6O3. The lowest BCUT2D eigenvalue weighted by atomic mass is 10.0. The number of benzene rings is 1. The lowest BCUT2D eigenvalue weighted by Gasteiger charge is -2.30. The molecular weight excluding hydrogens is 408 g/mol. The van der Waals surface area contributed by atoms with E-state index in [9.17, 15) is 9.90 Å². The zero-order chi connectivity index (χ0) is 22.2. The fourth-order valence-corrected chi connectivity index (χ4v) is 4.15. The summed E-state index contributed by atoms with van der Waals surface area (Å²) < 4.78 is 1.90. The Bertz CT molecular complexity index is 1310. The molecule has 4 heterocycles. The number of nitrogens with two attached hydrogens (primary N) is 1. The monoisotopic (exact) mass is 430 g/mol. The van der Waals surface area contributed by atoms with E-state index in [0.29, 0.717) is 35.6 Å². The van der Waals surface area contributed by atoms with Crippen molar-refractivity contribution in [1.29, 1.82) is 0 Å². The van der Waals surface area contributed by atoms with Gasteiger partial charge < -0.3 is 20.8 Å². The number of likely N-dealkylation sites (tertiary alicyclic amines) is 1. The molecule has 4 aromatic rings. The molecule has 1 aromatic carbocycles. The van der Waals surface area contributed by atoms with Crippen LogP contribution in [-0.4, -0.2) is 54.0 Å². The number of pyridine rings is 2. The maximum atomic E-state index is 11.1. The van der Waals surface area contributed by atoms with E-state index in [4.69, 9.17) is 10.8 Å². The zero-order valence-electron chi connectivity index (χ0n) is 17.2. The second kappa shape index (κ2) is 7.84. The number of carboxylic acid groups (broad SMARTS) is 1. The van der Waals surface area contributed by atoms with Crippen molar-refractivity contribution in [3.63, 3.8) is 0 Å². The summed E-state index contributed by atoms with van der Waals surface area (Å²) in [5.74, 6) is 0.536. The van der Waals surface area contributed by atoms with Gasteiger partial charge in [-0.1, -0.05) is 12.1 Å². The van der Waals surface area contributed by atoms with Crippen molar-refractivity contribution in [2.24, 2.45) is 0 Å². The minimum atomic E-state index is -0.874. The van der Waals surface area contributed by atoms with Crippen molar-refractivity contribution in [2.75, 3.05) is 18.8 Å². The Hall–Kier alpha value is -4.14. The number of rotatable bonds is 3. The molecule has 1 aliphatic rings. The van der Waals surface area contributed by atoms with Gasteiger partial charge in [0.2, 0.25) is 0 Å². The van der Waals surface area contributed by atoms with Gasteiger partial charge in [-0.15, -0.1) is 0 Å². The molecule has 1 saturated heterocycles. The van der Waals surface area contributed by atoms with Crippen LogP contribution in [0, 0.1) is 0 Å². The second-order valence-corrected chi connectivity index (χ2v) is 7.93. The first-order valence-corrected chi connectivity index (χ1v) is 10.4. The van der Waals surface area contributed by atoms with Crippen molar-refractivity contribution >= 4 is 22.7 Å². The first-order valence-electron chi connectivity index (χ1n) is 10.4. The quantitative estimate of drug-likeness (QED) is 0.451. The van der Waals surface area contributed by atoms with Crippen molar-refractivity contribution in [3.8, 4) is 28.1 Å². The van der Waals surface area contributed by atoms with Gasteiger partial charge in [0.25, 0.3) is 0 Å². The van der Waals surface area contributed by atoms with Crippen molar-refractivity contribution in [3.05, 3.63) is 55.1 Å². The molecule has 0 spiro atoms. The van der Waals surface area contributed by atoms with Crippen molar-refractivity contribution in [2.45, 2.75) is 18.9 Å². The summed E-state index contributed by atoms with van der Waals surface area (Å²) in [7, 11) is 0. The second-order valence-electron chi connectivity index (χ2n) is 7.93. The van der Waals surface area contributed by atoms with Crippen molar-refractivity contribution < 1.29 is 15.0 Å². The van der Waals surface area contributed by atoms with Crippen LogP contribution in [0.25, 0.3) is 33.2 Å². The Kier molecular flexibility index (Phi) is 4.85. The number of aromatic hydroxyl groups is 1. The maximum absolute atomic E-state index is 11.1. The predicted octanol–water partition coefficient (Wildman–Crippen LogP) is 3.76. The summed E-state index contributed by atoms with van der Waals surface area (Å²) in [6.45, 7) is 1.01. The standard InChI is InChI=1S/C23H22N6O3/c24-22-19(20-9-18-14(10-25-20)2-1-3-21(18)30)8-15(11-26-22)16-12-27-29(13-16)17-4-6-28(7-5-17)23(31)32/h1-3,8-13,17,30H,4-7H2,(H2,24,26)(H,31,32). The van der Waals surface area contributed by atoms with E-state index >= 15 is 0 Å². The Morgan fingerprint density at radius 3 is 2.66 bits per heavy atom. The highest BCUT2D eigenvalue weighted by Gasteiger charge is 2.24. The molecule has 0 bridgehead atoms. The van der Waals surface area contributed by atoms with Crippen LogP contribution in [0.3, 0.4) is 0 Å². The molecule has 4 N–H and O–H groups in total. The van der Waals surface area contributed by atoms with Gasteiger partial charge in [-0.2, -0.15) is 5.10 Å². The van der Waals surface area contributed by atoms with Gasteiger partial charge in [0, 0.05) is 59.1 Å². The first-order chi connectivity index (χ1) is 15.5. The minimum absolute atomic E-state index is 0.158. The molecule has 3 aromatic heterocycles. The summed E-state index contributed by atoms with van der Waals surface area (Å²) in [6, 6.07) is 9.19. The molecule has 0 atom stereocenters. The van der Waals surface area contributed by atoms with Crippen LogP contribution in [0.5, 0.6) is 5.75 Å². The van der Waals surface area contributed by atoms with E-state index in [1.807, 2.05) is 29.1 Å². The van der Waals surface area contributed by atoms with Crippen LogP contribution >= 0.6 is 0 Å². The molecule has 0 aliphatic carbocycles. The molecule has 1 aliphatic heterocycles. The summed E-state index contributed by atoms with van der Waals surface area (Å²) in [5.41, 5.74) is 9.20. The smallest absolute Gasteiger partial charge is 0.407 e. The third kappa shape index (κ3) is 3.58. The Morgan fingerprint density at radius 2 is 1.88 bits per heavy atom. The van der Waals surface area contributed by atoms with Gasteiger partial charge in [-0.05, 0) is 31.0 Å². The van der Waals surface area contributed by atoms with Crippen LogP contribution in [-0.2, 0) is 0 Å². The molecule has 1 amide bonds. The third-order valence-corrected chi connectivity index (χ3v) is 5.98. The number of hydrogen-bond donors (Lipinski definition) is 3. The number of hydrogen-bond acceptors (Lipinski definition) is 6. The van der Waals surface area contributed by atoms with Crippen molar-refractivity contribution in [1.82, 2.24) is 24.6 Å². The number of anilines is 1. The fraction of sp³-hybridized carbons (Fsp3) is 0.217. The molecule has 32 heavy (non-hydrogen) atoms. The molecule has 0 unspecified atom stereocenters. The third-order valence-electron chi connectivity index (χ3n) is 5.98. The summed E-state index contributed by atoms with van der Waals surface area (Å²) in [5, 5.41) is 25.4. The number of phenols is 1. The van der Waals surface area contributed by atoms with Crippen LogP contribution in [0.1, 0.15) is 18.9 Å². The zero-order valence-corrected chi connectivity index (χ0v) is 17.2. The molecule has 9 heteroatoms. The number of amides is 1. The van der Waals surface area contributed by atoms with E-state index in [1.165, 1.54) is 4.90 Å². The maximum Gasteiger partial charge on any atom is 0.407 e. The van der Waals surface area contributed by atoms with E-state index in [2.05, 4.69) is 15.1 Å². The van der Waals surface area contributed by atoms with E-state index < -0.39 is 6.09 Å². The van der Waals surface area contributed by atoms with Gasteiger partial charge in [0.1, 0.15) is 11.6 Å². The topological polar surface area (TPSA) is 130 Å². The highest BCUT2D eigenvalue weighted by atomic mass is 16.4. The number of fused-ring (bicyclic) bond motifs is 1. The van der Waals surface area contributed by atoms with E-state index in [-0.39, 0.29) is 11.8 Å². The van der Waals surface area contributed by atoms with E-state index in [0.717, 1.165) is 29.4 Å². The number of phenolic OH excluding ortho intramolecular Hbond substituents is 1. The predicted molar refractivity (Wildman–Crippen MR) is 120 cm³/mol.